The quantitative estimate of drug-likeness (QED) is 0.651. The summed E-state index contributed by atoms with van der Waals surface area (Å²) in [7, 11) is 2.07. The number of amides is 1. The van der Waals surface area contributed by atoms with Gasteiger partial charge in [-0.15, -0.1) is 0 Å². The van der Waals surface area contributed by atoms with Crippen molar-refractivity contribution in [3.05, 3.63) is 0 Å². The van der Waals surface area contributed by atoms with Crippen molar-refractivity contribution < 1.29 is 4.79 Å². The number of carbonyl (C=O) groups excluding carboxylic acids is 1. The summed E-state index contributed by atoms with van der Waals surface area (Å²) in [4.78, 5) is 18.3. The monoisotopic (exact) mass is 251 g/mol. The molecular formula is C12H21N5O. The third kappa shape index (κ3) is 3.19. The number of nitrogens with one attached hydrogen (secondary N) is 1. The number of nitriles is 1. The average Bonchev–Trinajstić information content (AvgIpc) is 2.40. The first-order valence-corrected chi connectivity index (χ1v) is 6.51. The molecule has 18 heavy (non-hydrogen) atoms. The molecule has 2 fully saturated rings. The van der Waals surface area contributed by atoms with Gasteiger partial charge in [-0.1, -0.05) is 0 Å². The average molecular weight is 251 g/mol. The molecule has 0 bridgehead atoms. The van der Waals surface area contributed by atoms with E-state index in [1.54, 1.807) is 0 Å². The Morgan fingerprint density at radius 2 is 2.06 bits per heavy atom. The predicted molar refractivity (Wildman–Crippen MR) is 67.9 cm³/mol. The molecule has 1 atom stereocenters. The third-order valence-corrected chi connectivity index (χ3v) is 3.70. The molecule has 2 aliphatic heterocycles. The summed E-state index contributed by atoms with van der Waals surface area (Å²) in [5.74, 6) is 0.158. The van der Waals surface area contributed by atoms with Gasteiger partial charge in [-0.2, -0.15) is 5.26 Å². The highest BCUT2D eigenvalue weighted by molar-refractivity contribution is 5.78. The normalized spacial score (nSPS) is 26.9. The van der Waals surface area contributed by atoms with Gasteiger partial charge in [-0.25, -0.2) is 0 Å². The van der Waals surface area contributed by atoms with Crippen LogP contribution in [-0.2, 0) is 4.79 Å². The van der Waals surface area contributed by atoms with Crippen LogP contribution in [0.25, 0.3) is 0 Å². The van der Waals surface area contributed by atoms with E-state index in [0.29, 0.717) is 13.1 Å². The number of carbonyl (C=O) groups is 1. The molecule has 6 heteroatoms. The highest BCUT2D eigenvalue weighted by atomic mass is 16.2. The van der Waals surface area contributed by atoms with Crippen LogP contribution in [-0.4, -0.2) is 86.1 Å². The molecule has 0 spiro atoms. The Morgan fingerprint density at radius 1 is 1.33 bits per heavy atom. The Balaban J connectivity index is 1.84. The summed E-state index contributed by atoms with van der Waals surface area (Å²) in [5.41, 5.74) is 0. The molecule has 100 valence electrons. The first kappa shape index (κ1) is 13.3. The number of nitrogens with zero attached hydrogens (tertiary/aromatic N) is 4. The van der Waals surface area contributed by atoms with Gasteiger partial charge < -0.3 is 15.1 Å². The Bertz CT molecular complexity index is 332. The van der Waals surface area contributed by atoms with Crippen LogP contribution in [0.3, 0.4) is 0 Å². The molecule has 0 saturated carbocycles. The molecule has 1 amide bonds. The second kappa shape index (κ2) is 6.14. The minimum Gasteiger partial charge on any atom is -0.339 e. The van der Waals surface area contributed by atoms with Gasteiger partial charge in [0.05, 0.1) is 12.6 Å². The van der Waals surface area contributed by atoms with E-state index >= 15 is 0 Å². The molecule has 2 aliphatic rings. The van der Waals surface area contributed by atoms with E-state index in [1.165, 1.54) is 0 Å². The molecule has 2 saturated heterocycles. The van der Waals surface area contributed by atoms with Crippen LogP contribution in [0.2, 0.25) is 0 Å². The number of likely N-dealkylation sites (N-methyl/N-ethyl adjacent to an activating group) is 1. The molecule has 0 aliphatic carbocycles. The van der Waals surface area contributed by atoms with Gasteiger partial charge in [0.25, 0.3) is 0 Å². The predicted octanol–water partition coefficient (Wildman–Crippen LogP) is -1.44. The van der Waals surface area contributed by atoms with Crippen molar-refractivity contribution in [1.29, 1.82) is 5.26 Å². The fraction of sp³-hybridized carbons (Fsp3) is 0.833. The Hall–Kier alpha value is -1.16. The molecule has 0 aromatic carbocycles. The van der Waals surface area contributed by atoms with E-state index in [4.69, 9.17) is 5.26 Å². The standard InChI is InChI=1S/C12H21N5O/c1-15-4-6-16(7-5-15)12(18)10-17-3-2-14-9-11(17)8-13/h11,14H,2-7,9-10H2,1H3. The van der Waals surface area contributed by atoms with Crippen LogP contribution in [0.15, 0.2) is 0 Å². The van der Waals surface area contributed by atoms with E-state index in [0.717, 1.165) is 39.3 Å². The van der Waals surface area contributed by atoms with Gasteiger partial charge in [0.1, 0.15) is 6.04 Å². The van der Waals surface area contributed by atoms with Crippen LogP contribution >= 0.6 is 0 Å². The third-order valence-electron chi connectivity index (χ3n) is 3.70. The zero-order chi connectivity index (χ0) is 13.0. The molecule has 6 nitrogen and oxygen atoms in total. The highest BCUT2D eigenvalue weighted by Crippen LogP contribution is 2.05. The van der Waals surface area contributed by atoms with Crippen LogP contribution in [0.5, 0.6) is 0 Å². The molecule has 1 N–H and O–H groups in total. The Morgan fingerprint density at radius 3 is 2.72 bits per heavy atom. The van der Waals surface area contributed by atoms with Crippen molar-refractivity contribution >= 4 is 5.91 Å². The lowest BCUT2D eigenvalue weighted by atomic mass is 10.2. The minimum absolute atomic E-state index is 0.158. The number of hydrogen-bond acceptors (Lipinski definition) is 5. The van der Waals surface area contributed by atoms with Crippen molar-refractivity contribution in [3.8, 4) is 6.07 Å². The van der Waals surface area contributed by atoms with Crippen LogP contribution in [0, 0.1) is 11.3 Å². The maximum Gasteiger partial charge on any atom is 0.236 e. The SMILES string of the molecule is CN1CCN(C(=O)CN2CCNCC2C#N)CC1. The van der Waals surface area contributed by atoms with Crippen LogP contribution in [0.4, 0.5) is 0 Å². The second-order valence-electron chi connectivity index (χ2n) is 5.00. The first-order valence-electron chi connectivity index (χ1n) is 6.51. The van der Waals surface area contributed by atoms with Gasteiger partial charge in [0, 0.05) is 45.8 Å². The summed E-state index contributed by atoms with van der Waals surface area (Å²) in [6.07, 6.45) is 0. The maximum absolute atomic E-state index is 12.2. The highest BCUT2D eigenvalue weighted by Gasteiger charge is 2.26. The molecule has 0 radical (unpaired) electrons. The van der Waals surface area contributed by atoms with Gasteiger partial charge in [-0.3, -0.25) is 9.69 Å². The van der Waals surface area contributed by atoms with Crippen molar-refractivity contribution in [3.63, 3.8) is 0 Å². The Labute approximate surface area is 108 Å². The fourth-order valence-electron chi connectivity index (χ4n) is 2.39. The van der Waals surface area contributed by atoms with E-state index < -0.39 is 0 Å². The Kier molecular flexibility index (Phi) is 4.53. The van der Waals surface area contributed by atoms with Crippen molar-refractivity contribution in [2.24, 2.45) is 0 Å². The largest absolute Gasteiger partial charge is 0.339 e. The smallest absolute Gasteiger partial charge is 0.236 e. The van der Waals surface area contributed by atoms with Gasteiger partial charge in [-0.05, 0) is 7.05 Å². The lowest BCUT2D eigenvalue weighted by Crippen LogP contribution is -2.55. The molecule has 1 unspecified atom stereocenters. The number of piperazine rings is 2. The first-order chi connectivity index (χ1) is 8.70. The summed E-state index contributed by atoms with van der Waals surface area (Å²) < 4.78 is 0. The number of rotatable bonds is 2. The van der Waals surface area contributed by atoms with Crippen molar-refractivity contribution in [2.45, 2.75) is 6.04 Å². The lowest BCUT2D eigenvalue weighted by molar-refractivity contribution is -0.134. The summed E-state index contributed by atoms with van der Waals surface area (Å²) in [6, 6.07) is 2.08. The summed E-state index contributed by atoms with van der Waals surface area (Å²) in [5, 5.41) is 12.2. The summed E-state index contributed by atoms with van der Waals surface area (Å²) >= 11 is 0. The zero-order valence-electron chi connectivity index (χ0n) is 10.9. The molecule has 0 aromatic heterocycles. The van der Waals surface area contributed by atoms with Gasteiger partial charge in [0.2, 0.25) is 5.91 Å². The van der Waals surface area contributed by atoms with Gasteiger partial charge in [0.15, 0.2) is 0 Å². The minimum atomic E-state index is -0.171. The van der Waals surface area contributed by atoms with E-state index in [1.807, 2.05) is 9.80 Å². The summed E-state index contributed by atoms with van der Waals surface area (Å²) in [6.45, 7) is 6.16. The van der Waals surface area contributed by atoms with Gasteiger partial charge >= 0.3 is 0 Å². The van der Waals surface area contributed by atoms with Crippen LogP contribution in [0.1, 0.15) is 0 Å². The number of hydrogen-bond donors (Lipinski definition) is 1. The zero-order valence-corrected chi connectivity index (χ0v) is 10.9. The van der Waals surface area contributed by atoms with E-state index in [9.17, 15) is 4.79 Å². The molecular weight excluding hydrogens is 230 g/mol. The topological polar surface area (TPSA) is 62.6 Å². The van der Waals surface area contributed by atoms with E-state index in [-0.39, 0.29) is 11.9 Å². The maximum atomic E-state index is 12.2. The van der Waals surface area contributed by atoms with Crippen molar-refractivity contribution in [2.75, 3.05) is 59.4 Å². The molecule has 0 aromatic rings. The van der Waals surface area contributed by atoms with E-state index in [2.05, 4.69) is 23.3 Å². The molecule has 2 heterocycles. The van der Waals surface area contributed by atoms with Crippen LogP contribution < -0.4 is 5.32 Å². The lowest BCUT2D eigenvalue weighted by Gasteiger charge is -2.36. The van der Waals surface area contributed by atoms with Crippen molar-refractivity contribution in [1.82, 2.24) is 20.0 Å². The second-order valence-corrected chi connectivity index (χ2v) is 5.00. The molecule has 2 rings (SSSR count). The fourth-order valence-corrected chi connectivity index (χ4v) is 2.39.